The molecule has 1 aromatic carbocycles. The maximum atomic E-state index is 13.9. The number of hydrogen-bond donors (Lipinski definition) is 0. The number of amides is 1. The zero-order chi connectivity index (χ0) is 16.0. The first-order chi connectivity index (χ1) is 10.6. The van der Waals surface area contributed by atoms with Crippen LogP contribution >= 0.6 is 0 Å². The minimum atomic E-state index is -0.480. The molecule has 1 saturated heterocycles. The lowest BCUT2D eigenvalue weighted by molar-refractivity contribution is 0.00263. The third kappa shape index (κ3) is 4.27. The van der Waals surface area contributed by atoms with Crippen molar-refractivity contribution >= 4 is 5.91 Å². The summed E-state index contributed by atoms with van der Waals surface area (Å²) in [7, 11) is 1.60. The van der Waals surface area contributed by atoms with Crippen molar-refractivity contribution in [2.45, 2.75) is 19.8 Å². The fraction of sp³-hybridized carbons (Fsp3) is 0.588. The minimum Gasteiger partial charge on any atom is -0.383 e. The molecule has 1 heterocycles. The molecule has 0 spiro atoms. The van der Waals surface area contributed by atoms with Crippen molar-refractivity contribution in [2.75, 3.05) is 40.0 Å². The Morgan fingerprint density at radius 3 is 2.68 bits per heavy atom. The molecule has 1 aliphatic rings. The Morgan fingerprint density at radius 2 is 2.05 bits per heavy atom. The summed E-state index contributed by atoms with van der Waals surface area (Å²) >= 11 is 0. The Balaban J connectivity index is 2.14. The zero-order valence-electron chi connectivity index (χ0n) is 13.3. The van der Waals surface area contributed by atoms with Crippen molar-refractivity contribution in [3.05, 3.63) is 35.6 Å². The predicted octanol–water partition coefficient (Wildman–Crippen LogP) is 2.73. The van der Waals surface area contributed by atoms with Gasteiger partial charge in [0.15, 0.2) is 0 Å². The summed E-state index contributed by atoms with van der Waals surface area (Å²) < 4.78 is 24.4. The Kier molecular flexibility index (Phi) is 5.91. The summed E-state index contributed by atoms with van der Waals surface area (Å²) in [6.07, 6.45) is 1.81. The number of hydrogen-bond acceptors (Lipinski definition) is 3. The first kappa shape index (κ1) is 16.9. The Bertz CT molecular complexity index is 500. The molecule has 5 heteroatoms. The topological polar surface area (TPSA) is 38.8 Å². The maximum Gasteiger partial charge on any atom is 0.256 e. The third-order valence-electron chi connectivity index (χ3n) is 4.23. The molecular formula is C17H24FNO3. The number of ether oxygens (including phenoxy) is 2. The third-order valence-corrected chi connectivity index (χ3v) is 4.23. The lowest BCUT2D eigenvalue weighted by atomic mass is 9.82. The molecule has 0 aliphatic carbocycles. The fourth-order valence-electron chi connectivity index (χ4n) is 2.74. The predicted molar refractivity (Wildman–Crippen MR) is 82.3 cm³/mol. The number of carbonyl (C=O) groups is 1. The molecule has 2 rings (SSSR count). The second-order valence-corrected chi connectivity index (χ2v) is 6.12. The molecule has 0 aromatic heterocycles. The van der Waals surface area contributed by atoms with Crippen LogP contribution in [0, 0.1) is 11.2 Å². The van der Waals surface area contributed by atoms with E-state index in [4.69, 9.17) is 9.47 Å². The highest BCUT2D eigenvalue weighted by molar-refractivity contribution is 5.94. The minimum absolute atomic E-state index is 0.00685. The van der Waals surface area contributed by atoms with Crippen LogP contribution in [0.5, 0.6) is 0 Å². The Hall–Kier alpha value is -1.46. The van der Waals surface area contributed by atoms with E-state index >= 15 is 0 Å². The van der Waals surface area contributed by atoms with Crippen LogP contribution in [0.15, 0.2) is 24.3 Å². The quantitative estimate of drug-likeness (QED) is 0.811. The van der Waals surface area contributed by atoms with Crippen molar-refractivity contribution in [2.24, 2.45) is 5.41 Å². The number of methoxy groups -OCH3 is 1. The molecule has 122 valence electrons. The number of nitrogens with zero attached hydrogens (tertiary/aromatic N) is 1. The van der Waals surface area contributed by atoms with Gasteiger partial charge in [0.1, 0.15) is 5.82 Å². The maximum absolute atomic E-state index is 13.9. The van der Waals surface area contributed by atoms with Crippen LogP contribution in [0.2, 0.25) is 0 Å². The summed E-state index contributed by atoms with van der Waals surface area (Å²) in [6, 6.07) is 6.12. The molecule has 0 radical (unpaired) electrons. The number of halogens is 1. The molecule has 0 bridgehead atoms. The van der Waals surface area contributed by atoms with E-state index in [0.717, 1.165) is 12.8 Å². The first-order valence-electron chi connectivity index (χ1n) is 7.66. The van der Waals surface area contributed by atoms with Crippen LogP contribution < -0.4 is 0 Å². The van der Waals surface area contributed by atoms with Gasteiger partial charge in [0.2, 0.25) is 0 Å². The van der Waals surface area contributed by atoms with Crippen molar-refractivity contribution in [3.63, 3.8) is 0 Å². The smallest absolute Gasteiger partial charge is 0.256 e. The summed E-state index contributed by atoms with van der Waals surface area (Å²) in [6.45, 7) is 5.06. The van der Waals surface area contributed by atoms with Crippen molar-refractivity contribution < 1.29 is 18.7 Å². The van der Waals surface area contributed by atoms with Gasteiger partial charge in [-0.05, 0) is 30.4 Å². The summed E-state index contributed by atoms with van der Waals surface area (Å²) in [4.78, 5) is 14.4. The first-order valence-corrected chi connectivity index (χ1v) is 7.66. The van der Waals surface area contributed by atoms with E-state index in [-0.39, 0.29) is 16.9 Å². The largest absolute Gasteiger partial charge is 0.383 e. The summed E-state index contributed by atoms with van der Waals surface area (Å²) in [5, 5.41) is 0. The van der Waals surface area contributed by atoms with E-state index < -0.39 is 5.82 Å². The zero-order valence-corrected chi connectivity index (χ0v) is 13.3. The summed E-state index contributed by atoms with van der Waals surface area (Å²) in [5.74, 6) is -0.755. The standard InChI is InChI=1S/C17H24FNO3/c1-17(7-10-22-11-8-17)13-19(9-12-21-2)16(20)14-5-3-4-6-15(14)18/h3-6H,7-13H2,1-2H3. The van der Waals surface area contributed by atoms with E-state index in [1.54, 1.807) is 24.1 Å². The normalized spacial score (nSPS) is 17.2. The van der Waals surface area contributed by atoms with Crippen LogP contribution in [0.3, 0.4) is 0 Å². The second-order valence-electron chi connectivity index (χ2n) is 6.12. The van der Waals surface area contributed by atoms with Crippen LogP contribution in [0.1, 0.15) is 30.1 Å². The molecule has 1 amide bonds. The van der Waals surface area contributed by atoms with Gasteiger partial charge in [-0.25, -0.2) is 4.39 Å². The molecule has 1 fully saturated rings. The van der Waals surface area contributed by atoms with Crippen molar-refractivity contribution in [1.82, 2.24) is 4.90 Å². The molecule has 22 heavy (non-hydrogen) atoms. The SMILES string of the molecule is COCCN(CC1(C)CCOCC1)C(=O)c1ccccc1F. The molecule has 1 aromatic rings. The molecular weight excluding hydrogens is 285 g/mol. The van der Waals surface area contributed by atoms with Gasteiger partial charge in [0.05, 0.1) is 12.2 Å². The molecule has 0 N–H and O–H groups in total. The van der Waals surface area contributed by atoms with Gasteiger partial charge in [0.25, 0.3) is 5.91 Å². The Labute approximate surface area is 131 Å². The lowest BCUT2D eigenvalue weighted by Gasteiger charge is -2.38. The summed E-state index contributed by atoms with van der Waals surface area (Å²) in [5.41, 5.74) is 0.127. The average molecular weight is 309 g/mol. The van der Waals surface area contributed by atoms with Gasteiger partial charge in [-0.3, -0.25) is 4.79 Å². The van der Waals surface area contributed by atoms with Crippen LogP contribution in [-0.2, 0) is 9.47 Å². The van der Waals surface area contributed by atoms with Gasteiger partial charge >= 0.3 is 0 Å². The molecule has 0 saturated carbocycles. The van der Waals surface area contributed by atoms with E-state index in [0.29, 0.717) is 32.9 Å². The molecule has 1 aliphatic heterocycles. The highest BCUT2D eigenvalue weighted by Crippen LogP contribution is 2.31. The number of benzene rings is 1. The Morgan fingerprint density at radius 1 is 1.36 bits per heavy atom. The van der Waals surface area contributed by atoms with E-state index in [1.165, 1.54) is 12.1 Å². The van der Waals surface area contributed by atoms with Gasteiger partial charge in [-0.15, -0.1) is 0 Å². The highest BCUT2D eigenvalue weighted by atomic mass is 19.1. The molecule has 0 unspecified atom stereocenters. The van der Waals surface area contributed by atoms with Gasteiger partial charge in [0, 0.05) is 33.4 Å². The monoisotopic (exact) mass is 309 g/mol. The lowest BCUT2D eigenvalue weighted by Crippen LogP contribution is -2.44. The van der Waals surface area contributed by atoms with Crippen LogP contribution in [0.4, 0.5) is 4.39 Å². The van der Waals surface area contributed by atoms with Crippen molar-refractivity contribution in [3.8, 4) is 0 Å². The molecule has 4 nitrogen and oxygen atoms in total. The highest BCUT2D eigenvalue weighted by Gasteiger charge is 2.32. The van der Waals surface area contributed by atoms with E-state index in [9.17, 15) is 9.18 Å². The average Bonchev–Trinajstić information content (AvgIpc) is 2.52. The van der Waals surface area contributed by atoms with Crippen LogP contribution in [0.25, 0.3) is 0 Å². The van der Waals surface area contributed by atoms with E-state index in [2.05, 4.69) is 6.92 Å². The van der Waals surface area contributed by atoms with Crippen molar-refractivity contribution in [1.29, 1.82) is 0 Å². The second kappa shape index (κ2) is 7.70. The van der Waals surface area contributed by atoms with Gasteiger partial charge < -0.3 is 14.4 Å². The van der Waals surface area contributed by atoms with Gasteiger partial charge in [-0.1, -0.05) is 19.1 Å². The van der Waals surface area contributed by atoms with Gasteiger partial charge in [-0.2, -0.15) is 0 Å². The number of carbonyl (C=O) groups excluding carboxylic acids is 1. The van der Waals surface area contributed by atoms with Crippen LogP contribution in [-0.4, -0.2) is 50.8 Å². The fourth-order valence-corrected chi connectivity index (χ4v) is 2.74. The number of rotatable bonds is 6. The van der Waals surface area contributed by atoms with E-state index in [1.807, 2.05) is 0 Å². The molecule has 0 atom stereocenters.